The number of aromatic nitrogens is 2. The van der Waals surface area contributed by atoms with Crippen molar-refractivity contribution in [2.24, 2.45) is 35.0 Å². The Bertz CT molecular complexity index is 2960. The van der Waals surface area contributed by atoms with Gasteiger partial charge in [-0.2, -0.15) is 0 Å². The molecule has 2 bridgehead atoms. The van der Waals surface area contributed by atoms with E-state index in [2.05, 4.69) is 38.1 Å². The van der Waals surface area contributed by atoms with Crippen LogP contribution in [0.25, 0.3) is 21.3 Å². The molecule has 4 aliphatic rings. The monoisotopic (exact) mass is 1080 g/mol. The Labute approximate surface area is 458 Å². The van der Waals surface area contributed by atoms with Crippen molar-refractivity contribution in [3.05, 3.63) is 113 Å². The number of ketones is 1. The zero-order valence-corrected chi connectivity index (χ0v) is 45.4. The molecule has 2 saturated heterocycles. The van der Waals surface area contributed by atoms with Crippen LogP contribution in [-0.4, -0.2) is 133 Å². The summed E-state index contributed by atoms with van der Waals surface area (Å²) >= 11 is 1.54. The van der Waals surface area contributed by atoms with Crippen LogP contribution < -0.4 is 20.9 Å². The van der Waals surface area contributed by atoms with E-state index in [-0.39, 0.29) is 91.4 Å². The molecule has 0 spiro atoms. The van der Waals surface area contributed by atoms with Crippen LogP contribution in [-0.2, 0) is 49.5 Å². The summed E-state index contributed by atoms with van der Waals surface area (Å²) in [6.45, 7) is 11.7. The highest BCUT2D eigenvalue weighted by Crippen LogP contribution is 2.53. The lowest BCUT2D eigenvalue weighted by Crippen LogP contribution is -2.48. The van der Waals surface area contributed by atoms with Crippen LogP contribution in [0, 0.1) is 41.9 Å². The van der Waals surface area contributed by atoms with Crippen molar-refractivity contribution in [1.29, 1.82) is 0 Å². The maximum absolute atomic E-state index is 14.0. The molecule has 1 unspecified atom stereocenters. The first-order valence-corrected chi connectivity index (χ1v) is 27.7. The van der Waals surface area contributed by atoms with Crippen LogP contribution in [0.15, 0.2) is 96.7 Å². The fraction of sp³-hybridized carbons (Fsp3) is 0.458. The van der Waals surface area contributed by atoms with Gasteiger partial charge in [-0.15, -0.1) is 11.3 Å². The van der Waals surface area contributed by atoms with Gasteiger partial charge in [-0.25, -0.2) is 4.98 Å². The molecule has 3 aromatic carbocycles. The number of likely N-dealkylation sites (tertiary alicyclic amines) is 1. The smallest absolute Gasteiger partial charge is 0.255 e. The Balaban J connectivity index is 0.607. The third-order valence-electron chi connectivity index (χ3n) is 15.1. The normalized spacial score (nSPS) is 20.9. The van der Waals surface area contributed by atoms with E-state index in [1.54, 1.807) is 53.4 Å². The Kier molecular flexibility index (Phi) is 18.3. The van der Waals surface area contributed by atoms with Crippen LogP contribution in [0.5, 0.6) is 0 Å². The molecule has 78 heavy (non-hydrogen) atoms. The number of aryl methyl sites for hydroxylation is 1. The molecule has 2 aromatic heterocycles. The van der Waals surface area contributed by atoms with Gasteiger partial charge in [-0.1, -0.05) is 57.2 Å². The lowest BCUT2D eigenvalue weighted by molar-refractivity contribution is -0.145. The summed E-state index contributed by atoms with van der Waals surface area (Å²) in [6.07, 6.45) is 6.09. The van der Waals surface area contributed by atoms with Crippen LogP contribution >= 0.6 is 11.3 Å². The molecule has 4 heterocycles. The number of aliphatic hydroxyl groups is 1. The maximum Gasteiger partial charge on any atom is 0.255 e. The lowest BCUT2D eigenvalue weighted by atomic mass is 9.76. The Morgan fingerprint density at radius 3 is 2.08 bits per heavy atom. The minimum Gasteiger partial charge on any atom is -0.391 e. The fourth-order valence-electron chi connectivity index (χ4n) is 11.0. The number of imide groups is 1. The predicted molar refractivity (Wildman–Crippen MR) is 296 cm³/mol. The van der Waals surface area contributed by atoms with E-state index in [9.17, 15) is 33.9 Å². The first-order chi connectivity index (χ1) is 37.7. The summed E-state index contributed by atoms with van der Waals surface area (Å²) in [5.41, 5.74) is 6.81. The fourth-order valence-corrected chi connectivity index (χ4v) is 11.8. The van der Waals surface area contributed by atoms with Crippen LogP contribution in [0.3, 0.4) is 0 Å². The number of Topliss-reactive ketones (excluding diaryl/α,β-unsaturated/α-hetero) is 1. The molecule has 2 aliphatic carbocycles. The summed E-state index contributed by atoms with van der Waals surface area (Å²) < 4.78 is 22.7. The minimum atomic E-state index is -0.874. The molecular weight excluding hydrogens is 1010 g/mol. The second-order valence-electron chi connectivity index (χ2n) is 21.5. The van der Waals surface area contributed by atoms with Gasteiger partial charge in [-0.3, -0.25) is 38.7 Å². The molecule has 9 rings (SSSR count). The number of carbonyl (C=O) groups excluding carboxylic acids is 6. The Morgan fingerprint density at radius 1 is 0.782 bits per heavy atom. The highest BCUT2D eigenvalue weighted by atomic mass is 32.1. The van der Waals surface area contributed by atoms with E-state index in [0.29, 0.717) is 87.5 Å². The van der Waals surface area contributed by atoms with Gasteiger partial charge in [0.05, 0.1) is 104 Å². The highest BCUT2D eigenvalue weighted by Gasteiger charge is 2.59. The SMILES string of the molecule is Cc1ncsc1-c1ccc(NC(=O)[C@@H]2C[C@@H](O)CN2C(=O)[C@@H](CC(=O)CCOCCOCCOCCOCCNCc2ccnc3c(NC(=O)c4ccc(N5C(=O)[C@@H]6[C@H](C5=O)C5C=C[C@H]6C5)cc4)cccc23)C(C)(C)C)cc1. The van der Waals surface area contributed by atoms with Gasteiger partial charge in [0.25, 0.3) is 5.91 Å². The number of allylic oxidation sites excluding steroid dienone is 2. The number of hydrogen-bond donors (Lipinski definition) is 4. The topological polar surface area (TPSA) is 228 Å². The average Bonchev–Trinajstić information content (AvgIpc) is 4.40. The number of rotatable bonds is 26. The number of thiazole rings is 1. The van der Waals surface area contributed by atoms with Crippen molar-refractivity contribution < 1.29 is 52.8 Å². The number of aliphatic hydroxyl groups excluding tert-OH is 1. The number of hydrogen-bond acceptors (Lipinski definition) is 15. The van der Waals surface area contributed by atoms with Crippen molar-refractivity contribution in [3.8, 4) is 10.4 Å². The molecule has 0 radical (unpaired) electrons. The molecule has 4 N–H and O–H groups in total. The van der Waals surface area contributed by atoms with E-state index in [1.807, 2.05) is 70.2 Å². The zero-order valence-electron chi connectivity index (χ0n) is 44.6. The third kappa shape index (κ3) is 13.1. The molecule has 412 valence electrons. The Hall–Kier alpha value is -6.58. The van der Waals surface area contributed by atoms with Crippen molar-refractivity contribution in [1.82, 2.24) is 20.2 Å². The number of amides is 5. The van der Waals surface area contributed by atoms with Gasteiger partial charge in [-0.05, 0) is 90.3 Å². The van der Waals surface area contributed by atoms with E-state index in [1.165, 1.54) is 9.80 Å². The van der Waals surface area contributed by atoms with E-state index in [0.717, 1.165) is 33.5 Å². The first kappa shape index (κ1) is 56.2. The summed E-state index contributed by atoms with van der Waals surface area (Å²) in [5.74, 6) is -2.50. The van der Waals surface area contributed by atoms with Gasteiger partial charge in [0, 0.05) is 67.6 Å². The summed E-state index contributed by atoms with van der Waals surface area (Å²) in [6, 6.07) is 20.7. The second-order valence-corrected chi connectivity index (χ2v) is 22.3. The van der Waals surface area contributed by atoms with Gasteiger partial charge in [0.15, 0.2) is 0 Å². The van der Waals surface area contributed by atoms with Crippen molar-refractivity contribution >= 4 is 74.6 Å². The maximum atomic E-state index is 14.0. The number of β-amino-alcohol motifs (C(OH)–C–C–N with tert-alkyl or cyclic N) is 1. The number of nitrogens with zero attached hydrogens (tertiary/aromatic N) is 4. The number of nitrogens with one attached hydrogen (secondary N) is 3. The summed E-state index contributed by atoms with van der Waals surface area (Å²) in [5, 5.41) is 20.8. The third-order valence-corrected chi connectivity index (χ3v) is 16.1. The minimum absolute atomic E-state index is 0.0102. The number of para-hydroxylation sites is 1. The summed E-state index contributed by atoms with van der Waals surface area (Å²) in [7, 11) is 0. The highest BCUT2D eigenvalue weighted by molar-refractivity contribution is 7.13. The Morgan fingerprint density at radius 2 is 1.44 bits per heavy atom. The van der Waals surface area contributed by atoms with Crippen LogP contribution in [0.1, 0.15) is 68.1 Å². The van der Waals surface area contributed by atoms with Gasteiger partial charge in [0.1, 0.15) is 11.8 Å². The lowest BCUT2D eigenvalue weighted by Gasteiger charge is -2.34. The largest absolute Gasteiger partial charge is 0.391 e. The molecule has 19 heteroatoms. The molecule has 18 nitrogen and oxygen atoms in total. The zero-order chi connectivity index (χ0) is 54.9. The van der Waals surface area contributed by atoms with Crippen molar-refractivity contribution in [2.75, 3.05) is 81.5 Å². The van der Waals surface area contributed by atoms with Gasteiger partial charge < -0.3 is 44.9 Å². The van der Waals surface area contributed by atoms with Gasteiger partial charge >= 0.3 is 0 Å². The number of fused-ring (bicyclic) bond motifs is 6. The van der Waals surface area contributed by atoms with Crippen LogP contribution in [0.2, 0.25) is 0 Å². The van der Waals surface area contributed by atoms with E-state index in [4.69, 9.17) is 18.9 Å². The second kappa shape index (κ2) is 25.5. The molecule has 5 amide bonds. The molecule has 3 fully saturated rings. The quantitative estimate of drug-likeness (QED) is 0.0249. The molecule has 5 aromatic rings. The number of ether oxygens (including phenoxy) is 4. The average molecular weight is 1080 g/mol. The predicted octanol–water partition coefficient (Wildman–Crippen LogP) is 7.00. The van der Waals surface area contributed by atoms with Crippen LogP contribution in [0.4, 0.5) is 17.1 Å². The molecule has 1 saturated carbocycles. The number of carbonyl (C=O) groups is 6. The van der Waals surface area contributed by atoms with Crippen molar-refractivity contribution in [2.45, 2.75) is 72.1 Å². The van der Waals surface area contributed by atoms with E-state index >= 15 is 0 Å². The molecule has 7 atom stereocenters. The van der Waals surface area contributed by atoms with E-state index < -0.39 is 23.5 Å². The molecule has 2 aliphatic heterocycles. The molecular formula is C59H69N7O11S. The number of pyridine rings is 1. The van der Waals surface area contributed by atoms with Crippen molar-refractivity contribution in [3.63, 3.8) is 0 Å². The summed E-state index contributed by atoms with van der Waals surface area (Å²) in [4.78, 5) is 93.3. The standard InChI is InChI=1S/C59H69N7O11S/c1-36-53(78-35-62-36)37-10-14-42(15-11-37)63-55(70)49-32-45(68)34-65(49)56(71)47(59(2,3)4)31-44(67)19-22-74-24-26-76-28-29-77-27-25-75-23-21-60-33-41-18-20-61-52-46(41)6-5-7-48(52)64-54(69)38-12-16-43(17-13-38)66-57(72)50-39-8-9-40(30-39)51(50)58(66)73/h5-18,20,35,39-40,45,47,49-51,60,68H,19,21-34H2,1-4H3,(H,63,70)(H,64,69)/t39-,40?,45+,47+,49-,50-,51+/m0/s1. The number of benzene rings is 3. The first-order valence-electron chi connectivity index (χ1n) is 26.8. The number of anilines is 3. The van der Waals surface area contributed by atoms with Gasteiger partial charge in [0.2, 0.25) is 23.6 Å².